The molecular weight excluding hydrogens is 536 g/mol. The molecule has 3 aliphatic heterocycles. The number of esters is 3. The van der Waals surface area contributed by atoms with Gasteiger partial charge in [-0.1, -0.05) is 61.4 Å². The van der Waals surface area contributed by atoms with Gasteiger partial charge in [0.05, 0.1) is 51.5 Å². The largest absolute Gasteiger partial charge is 0.469 e. The highest BCUT2D eigenvalue weighted by atomic mass is 16.6. The number of fused-ring (bicyclic) bond motifs is 4. The third kappa shape index (κ3) is 11.7. The van der Waals surface area contributed by atoms with E-state index in [2.05, 4.69) is 19.1 Å². The molecule has 2 fully saturated rings. The molecule has 0 N–H and O–H groups in total. The summed E-state index contributed by atoms with van der Waals surface area (Å²) in [6.45, 7) is 6.10. The Kier molecular flexibility index (Phi) is 13.7. The molecular formula is C34H48O8. The van der Waals surface area contributed by atoms with E-state index in [9.17, 15) is 14.4 Å². The number of carbonyl (C=O) groups is 3. The molecule has 2 saturated heterocycles. The van der Waals surface area contributed by atoms with E-state index in [1.807, 2.05) is 44.2 Å². The fourth-order valence-corrected chi connectivity index (χ4v) is 5.75. The first-order valence-corrected chi connectivity index (χ1v) is 15.2. The van der Waals surface area contributed by atoms with E-state index in [1.165, 1.54) is 20.3 Å². The van der Waals surface area contributed by atoms with Gasteiger partial charge in [-0.25, -0.2) is 4.79 Å². The minimum absolute atomic E-state index is 0.0552. The van der Waals surface area contributed by atoms with E-state index in [1.54, 1.807) is 0 Å². The lowest BCUT2D eigenvalue weighted by atomic mass is 9.89. The second kappa shape index (κ2) is 17.2. The average molecular weight is 585 g/mol. The molecule has 8 heteroatoms. The van der Waals surface area contributed by atoms with Gasteiger partial charge in [0.1, 0.15) is 6.10 Å². The normalized spacial score (nSPS) is 33.4. The Bertz CT molecular complexity index is 1070. The summed E-state index contributed by atoms with van der Waals surface area (Å²) in [6.07, 6.45) is 20.7. The van der Waals surface area contributed by atoms with Gasteiger partial charge >= 0.3 is 17.9 Å². The third-order valence-electron chi connectivity index (χ3n) is 7.96. The minimum atomic E-state index is -0.474. The van der Waals surface area contributed by atoms with Crippen LogP contribution in [0.4, 0.5) is 0 Å². The fourth-order valence-electron chi connectivity index (χ4n) is 5.75. The lowest BCUT2D eigenvalue weighted by molar-refractivity contribution is -0.154. The summed E-state index contributed by atoms with van der Waals surface area (Å²) in [5.74, 6) is -0.764. The highest BCUT2D eigenvalue weighted by molar-refractivity contribution is 5.82. The molecule has 3 rings (SSSR count). The number of ether oxygens (including phenoxy) is 5. The van der Waals surface area contributed by atoms with Crippen molar-refractivity contribution in [1.29, 1.82) is 0 Å². The van der Waals surface area contributed by atoms with Crippen LogP contribution in [-0.4, -0.2) is 62.6 Å². The van der Waals surface area contributed by atoms with Crippen LogP contribution in [0.25, 0.3) is 0 Å². The van der Waals surface area contributed by atoms with E-state index < -0.39 is 18.2 Å². The first-order chi connectivity index (χ1) is 20.1. The lowest BCUT2D eigenvalue weighted by Gasteiger charge is -2.37. The molecule has 42 heavy (non-hydrogen) atoms. The number of hydrogen-bond donors (Lipinski definition) is 0. The van der Waals surface area contributed by atoms with Gasteiger partial charge in [0.15, 0.2) is 0 Å². The van der Waals surface area contributed by atoms with Crippen molar-refractivity contribution in [3.8, 4) is 0 Å². The molecule has 0 amide bonds. The van der Waals surface area contributed by atoms with Gasteiger partial charge in [-0.3, -0.25) is 9.59 Å². The Hall–Kier alpha value is -2.97. The van der Waals surface area contributed by atoms with E-state index in [0.29, 0.717) is 18.8 Å². The molecule has 0 spiro atoms. The molecule has 4 unspecified atom stereocenters. The summed E-state index contributed by atoms with van der Waals surface area (Å²) < 4.78 is 28.5. The standard InChI is InChI=1S/C34H48O8/c1-23(17-32(35)38-4)10-7-6-8-13-31-25(3)15-14-24(2)16-27-11-9-12-28(40-27)21-29-18-26(20-33(36)39-5)19-30(41-29)22-34(37)42-31/h6-8,10,13-15,20,24-25,27-31H,9,11-12,16-19,21-22H2,1-5H3/b7-6-,13-8+,15-14+,23-10+,26-20-/t24-,25-,27?,28?,29?,30?,31-/m0/s1. The number of carbonyl (C=O) groups excluding carboxylic acids is 3. The number of allylic oxidation sites excluding steroid dienone is 5. The van der Waals surface area contributed by atoms with Crippen LogP contribution in [0.15, 0.2) is 59.8 Å². The van der Waals surface area contributed by atoms with Gasteiger partial charge in [-0.05, 0) is 57.4 Å². The van der Waals surface area contributed by atoms with Crippen molar-refractivity contribution in [1.82, 2.24) is 0 Å². The summed E-state index contributed by atoms with van der Waals surface area (Å²) in [5, 5.41) is 0. The number of cyclic esters (lactones) is 1. The number of methoxy groups -OCH3 is 2. The second-order valence-electron chi connectivity index (χ2n) is 11.8. The van der Waals surface area contributed by atoms with Crippen molar-refractivity contribution >= 4 is 17.9 Å². The molecule has 0 aromatic carbocycles. The minimum Gasteiger partial charge on any atom is -0.469 e. The Labute approximate surface area is 250 Å². The first-order valence-electron chi connectivity index (χ1n) is 15.2. The topological polar surface area (TPSA) is 97.4 Å². The summed E-state index contributed by atoms with van der Waals surface area (Å²) >= 11 is 0. The van der Waals surface area contributed by atoms with Crippen molar-refractivity contribution in [2.75, 3.05) is 14.2 Å². The number of rotatable bonds is 6. The van der Waals surface area contributed by atoms with Crippen LogP contribution in [0.5, 0.6) is 0 Å². The average Bonchev–Trinajstić information content (AvgIpc) is 2.94. The van der Waals surface area contributed by atoms with Crippen LogP contribution >= 0.6 is 0 Å². The van der Waals surface area contributed by atoms with Gasteiger partial charge < -0.3 is 23.7 Å². The third-order valence-corrected chi connectivity index (χ3v) is 7.96. The molecule has 0 saturated carbocycles. The van der Waals surface area contributed by atoms with Crippen molar-refractivity contribution in [2.24, 2.45) is 11.8 Å². The molecule has 7 atom stereocenters. The first kappa shape index (κ1) is 33.5. The van der Waals surface area contributed by atoms with Gasteiger partial charge in [0, 0.05) is 18.4 Å². The molecule has 0 aromatic heterocycles. The maximum atomic E-state index is 13.2. The highest BCUT2D eigenvalue weighted by Gasteiger charge is 2.33. The van der Waals surface area contributed by atoms with Crippen LogP contribution < -0.4 is 0 Å². The van der Waals surface area contributed by atoms with Gasteiger partial charge in [-0.2, -0.15) is 0 Å². The maximum absolute atomic E-state index is 13.2. The second-order valence-corrected chi connectivity index (χ2v) is 11.8. The molecule has 0 aromatic rings. The van der Waals surface area contributed by atoms with Crippen molar-refractivity contribution in [3.05, 3.63) is 59.8 Å². The Morgan fingerprint density at radius 2 is 1.62 bits per heavy atom. The lowest BCUT2D eigenvalue weighted by Crippen LogP contribution is -2.37. The van der Waals surface area contributed by atoms with Crippen LogP contribution in [0.1, 0.15) is 78.6 Å². The van der Waals surface area contributed by atoms with Crippen LogP contribution in [0.3, 0.4) is 0 Å². The zero-order chi connectivity index (χ0) is 30.5. The Balaban J connectivity index is 1.80. The summed E-state index contributed by atoms with van der Waals surface area (Å²) in [5.41, 5.74) is 1.80. The van der Waals surface area contributed by atoms with E-state index in [4.69, 9.17) is 23.7 Å². The summed E-state index contributed by atoms with van der Waals surface area (Å²) in [4.78, 5) is 36.7. The van der Waals surface area contributed by atoms with Crippen molar-refractivity contribution < 1.29 is 38.1 Å². The molecule has 0 radical (unpaired) electrons. The van der Waals surface area contributed by atoms with Gasteiger partial charge in [-0.15, -0.1) is 0 Å². The Morgan fingerprint density at radius 3 is 2.36 bits per heavy atom. The van der Waals surface area contributed by atoms with Gasteiger partial charge in [0.25, 0.3) is 0 Å². The maximum Gasteiger partial charge on any atom is 0.330 e. The number of hydrogen-bond acceptors (Lipinski definition) is 8. The van der Waals surface area contributed by atoms with Crippen molar-refractivity contribution in [3.63, 3.8) is 0 Å². The highest BCUT2D eigenvalue weighted by Crippen LogP contribution is 2.33. The van der Waals surface area contributed by atoms with E-state index in [0.717, 1.165) is 43.3 Å². The van der Waals surface area contributed by atoms with Crippen LogP contribution in [0.2, 0.25) is 0 Å². The molecule has 3 heterocycles. The SMILES string of the molecule is COC(=O)/C=C1\CC2CC(=O)O[C@@H](/C=C/C=C\C=C(/C)CC(=O)OC)[C@@H](C)/C=C/[C@H](C)CC3CCCC(CC(C1)O2)O3. The van der Waals surface area contributed by atoms with Crippen LogP contribution in [0, 0.1) is 11.8 Å². The Morgan fingerprint density at radius 1 is 0.905 bits per heavy atom. The van der Waals surface area contributed by atoms with Crippen LogP contribution in [-0.2, 0) is 38.1 Å². The summed E-state index contributed by atoms with van der Waals surface area (Å²) in [7, 11) is 2.74. The summed E-state index contributed by atoms with van der Waals surface area (Å²) in [6, 6.07) is 0. The molecule has 8 nitrogen and oxygen atoms in total. The zero-order valence-corrected chi connectivity index (χ0v) is 25.8. The smallest absolute Gasteiger partial charge is 0.330 e. The van der Waals surface area contributed by atoms with E-state index in [-0.39, 0.29) is 49.0 Å². The molecule has 4 bridgehead atoms. The molecule has 3 aliphatic rings. The predicted octanol–water partition coefficient (Wildman–Crippen LogP) is 6.12. The quantitative estimate of drug-likeness (QED) is 0.121. The fraction of sp³-hybridized carbons (Fsp3) is 0.618. The van der Waals surface area contributed by atoms with Crippen molar-refractivity contribution in [2.45, 2.75) is 109 Å². The molecule has 0 aliphatic carbocycles. The zero-order valence-electron chi connectivity index (χ0n) is 25.8. The van der Waals surface area contributed by atoms with Gasteiger partial charge in [0.2, 0.25) is 0 Å². The monoisotopic (exact) mass is 584 g/mol. The molecule has 232 valence electrons. The predicted molar refractivity (Wildman–Crippen MR) is 160 cm³/mol. The van der Waals surface area contributed by atoms with E-state index >= 15 is 0 Å².